The van der Waals surface area contributed by atoms with E-state index in [1.165, 1.54) is 33.1 Å². The fourth-order valence-electron chi connectivity index (χ4n) is 3.66. The van der Waals surface area contributed by atoms with E-state index in [0.29, 0.717) is 40.3 Å². The second-order valence-electron chi connectivity index (χ2n) is 7.25. The maximum absolute atomic E-state index is 13.2. The third kappa shape index (κ3) is 4.75. The van der Waals surface area contributed by atoms with Gasteiger partial charge in [-0.05, 0) is 12.1 Å². The lowest BCUT2D eigenvalue weighted by atomic mass is 10.1. The first kappa shape index (κ1) is 22.9. The molecule has 2 aliphatic rings. The van der Waals surface area contributed by atoms with Crippen molar-refractivity contribution in [2.75, 3.05) is 43.8 Å². The molecule has 174 valence electrons. The van der Waals surface area contributed by atoms with Gasteiger partial charge in [0, 0.05) is 24.4 Å². The maximum Gasteiger partial charge on any atom is 0.241 e. The number of carbonyl (C=O) groups excluding carboxylic acids is 2. The molecule has 2 aromatic rings. The molecule has 0 bridgehead atoms. The molecule has 2 amide bonds. The number of fused-ring (bicyclic) bond motifs is 1. The number of amidine groups is 1. The van der Waals surface area contributed by atoms with Gasteiger partial charge in [0.1, 0.15) is 6.17 Å². The fourth-order valence-corrected chi connectivity index (χ4v) is 4.51. The van der Waals surface area contributed by atoms with Crippen molar-refractivity contribution in [3.63, 3.8) is 0 Å². The Balaban J connectivity index is 1.50. The second kappa shape index (κ2) is 10.1. The molecule has 0 spiro atoms. The van der Waals surface area contributed by atoms with Gasteiger partial charge in [0.2, 0.25) is 17.6 Å². The van der Waals surface area contributed by atoms with E-state index in [9.17, 15) is 9.59 Å². The fraction of sp³-hybridized carbons (Fsp3) is 0.318. The zero-order valence-corrected chi connectivity index (χ0v) is 19.3. The molecular formula is C22H25N5O5S. The van der Waals surface area contributed by atoms with Crippen LogP contribution in [0.4, 0.5) is 11.4 Å². The van der Waals surface area contributed by atoms with Gasteiger partial charge in [0.15, 0.2) is 16.7 Å². The average Bonchev–Trinajstić information content (AvgIpc) is 3.31. The summed E-state index contributed by atoms with van der Waals surface area (Å²) in [7, 11) is 4.53. The maximum atomic E-state index is 13.2. The highest BCUT2D eigenvalue weighted by molar-refractivity contribution is 8.14. The highest BCUT2D eigenvalue weighted by Gasteiger charge is 2.42. The van der Waals surface area contributed by atoms with E-state index in [0.717, 1.165) is 0 Å². The van der Waals surface area contributed by atoms with Crippen LogP contribution >= 0.6 is 11.8 Å². The molecule has 1 fully saturated rings. The van der Waals surface area contributed by atoms with Crippen LogP contribution in [0.15, 0.2) is 47.5 Å². The van der Waals surface area contributed by atoms with Crippen LogP contribution in [0.5, 0.6) is 17.2 Å². The number of aliphatic imine (C=N–C) groups is 1. The lowest BCUT2D eigenvalue weighted by Crippen LogP contribution is -2.49. The molecule has 10 nitrogen and oxygen atoms in total. The Bertz CT molecular complexity index is 1040. The van der Waals surface area contributed by atoms with Crippen LogP contribution in [-0.2, 0) is 9.59 Å². The number of methoxy groups -OCH3 is 3. The van der Waals surface area contributed by atoms with Crippen LogP contribution < -0.4 is 35.3 Å². The summed E-state index contributed by atoms with van der Waals surface area (Å²) < 4.78 is 16.0. The van der Waals surface area contributed by atoms with E-state index in [1.54, 1.807) is 17.0 Å². The predicted octanol–water partition coefficient (Wildman–Crippen LogP) is 1.84. The first-order valence-corrected chi connectivity index (χ1v) is 11.2. The van der Waals surface area contributed by atoms with Gasteiger partial charge in [-0.25, -0.2) is 10.4 Å². The number of hydrazine groups is 1. The van der Waals surface area contributed by atoms with Crippen molar-refractivity contribution >= 4 is 40.1 Å². The van der Waals surface area contributed by atoms with Crippen molar-refractivity contribution < 1.29 is 23.8 Å². The average molecular weight is 472 g/mol. The lowest BCUT2D eigenvalue weighted by Gasteiger charge is -2.32. The minimum atomic E-state index is -0.363. The molecule has 4 rings (SSSR count). The van der Waals surface area contributed by atoms with Crippen LogP contribution in [0.3, 0.4) is 0 Å². The van der Waals surface area contributed by atoms with Crippen molar-refractivity contribution in [2.24, 2.45) is 10.9 Å². The molecule has 33 heavy (non-hydrogen) atoms. The van der Waals surface area contributed by atoms with E-state index >= 15 is 0 Å². The van der Waals surface area contributed by atoms with Gasteiger partial charge in [-0.15, -0.1) is 0 Å². The first-order valence-electron chi connectivity index (χ1n) is 10.2. The predicted molar refractivity (Wildman–Crippen MR) is 127 cm³/mol. The number of thioether (sulfide) groups is 1. The molecular weight excluding hydrogens is 446 g/mol. The summed E-state index contributed by atoms with van der Waals surface area (Å²) in [4.78, 5) is 32.2. The van der Waals surface area contributed by atoms with Gasteiger partial charge in [-0.1, -0.05) is 30.0 Å². The molecule has 2 heterocycles. The molecule has 1 saturated heterocycles. The SMILES string of the molecule is COc1cc(NC(=O)CSC2=NC3NNCC3C(=O)N2c2ccccc2)cc(OC)c1OC. The lowest BCUT2D eigenvalue weighted by molar-refractivity contribution is -0.121. The highest BCUT2D eigenvalue weighted by Crippen LogP contribution is 2.40. The topological polar surface area (TPSA) is 114 Å². The van der Waals surface area contributed by atoms with Crippen molar-refractivity contribution in [1.82, 2.24) is 10.9 Å². The number of benzene rings is 2. The van der Waals surface area contributed by atoms with E-state index in [2.05, 4.69) is 21.2 Å². The summed E-state index contributed by atoms with van der Waals surface area (Å²) in [6.07, 6.45) is -0.363. The van der Waals surface area contributed by atoms with E-state index in [-0.39, 0.29) is 29.7 Å². The van der Waals surface area contributed by atoms with E-state index < -0.39 is 0 Å². The number of hydrogen-bond donors (Lipinski definition) is 3. The van der Waals surface area contributed by atoms with E-state index in [4.69, 9.17) is 14.2 Å². The van der Waals surface area contributed by atoms with Crippen LogP contribution in [0, 0.1) is 5.92 Å². The third-order valence-corrected chi connectivity index (χ3v) is 6.18. The summed E-state index contributed by atoms with van der Waals surface area (Å²) in [5, 5.41) is 3.29. The van der Waals surface area contributed by atoms with Crippen LogP contribution in [0.1, 0.15) is 0 Å². The zero-order chi connectivity index (χ0) is 23.4. The molecule has 2 aliphatic heterocycles. The molecule has 0 aromatic heterocycles. The largest absolute Gasteiger partial charge is 0.493 e. The normalized spacial score (nSPS) is 19.5. The summed E-state index contributed by atoms with van der Waals surface area (Å²) >= 11 is 1.20. The van der Waals surface area contributed by atoms with Gasteiger partial charge in [-0.2, -0.15) is 0 Å². The second-order valence-corrected chi connectivity index (χ2v) is 8.19. The van der Waals surface area contributed by atoms with Gasteiger partial charge >= 0.3 is 0 Å². The van der Waals surface area contributed by atoms with Crippen LogP contribution in [-0.4, -0.2) is 56.8 Å². The van der Waals surface area contributed by atoms with Crippen molar-refractivity contribution in [2.45, 2.75) is 6.17 Å². The number of anilines is 2. The molecule has 11 heteroatoms. The summed E-state index contributed by atoms with van der Waals surface area (Å²) in [6.45, 7) is 0.496. The minimum absolute atomic E-state index is 0.0525. The van der Waals surface area contributed by atoms with Crippen LogP contribution in [0.2, 0.25) is 0 Å². The Morgan fingerprint density at radius 1 is 1.15 bits per heavy atom. The number of para-hydroxylation sites is 1. The Morgan fingerprint density at radius 2 is 1.85 bits per heavy atom. The molecule has 0 aliphatic carbocycles. The highest BCUT2D eigenvalue weighted by atomic mass is 32.2. The minimum Gasteiger partial charge on any atom is -0.493 e. The molecule has 0 saturated carbocycles. The zero-order valence-electron chi connectivity index (χ0n) is 18.5. The number of nitrogens with zero attached hydrogens (tertiary/aromatic N) is 2. The molecule has 2 unspecified atom stereocenters. The monoisotopic (exact) mass is 471 g/mol. The van der Waals surface area contributed by atoms with Gasteiger partial charge in [0.25, 0.3) is 0 Å². The molecule has 2 atom stereocenters. The van der Waals surface area contributed by atoms with Crippen molar-refractivity contribution in [3.8, 4) is 17.2 Å². The number of amides is 2. The standard InChI is InChI=1S/C22H25N5O5S/c1-30-16-9-13(10-17(31-2)19(16)32-3)24-18(28)12-33-22-25-20-15(11-23-26-20)21(29)27(22)14-7-5-4-6-8-14/h4-10,15,20,23,26H,11-12H2,1-3H3,(H,24,28). The van der Waals surface area contributed by atoms with Crippen molar-refractivity contribution in [1.29, 1.82) is 0 Å². The Morgan fingerprint density at radius 3 is 2.48 bits per heavy atom. The first-order chi connectivity index (χ1) is 16.0. The smallest absolute Gasteiger partial charge is 0.241 e. The van der Waals surface area contributed by atoms with Gasteiger partial charge < -0.3 is 19.5 Å². The van der Waals surface area contributed by atoms with Gasteiger partial charge in [-0.3, -0.25) is 19.9 Å². The Hall–Kier alpha value is -3.28. The molecule has 0 radical (unpaired) electrons. The Labute approximate surface area is 195 Å². The molecule has 2 aromatic carbocycles. The van der Waals surface area contributed by atoms with Crippen molar-refractivity contribution in [3.05, 3.63) is 42.5 Å². The quantitative estimate of drug-likeness (QED) is 0.561. The Kier molecular flexibility index (Phi) is 7.02. The number of ether oxygens (including phenoxy) is 3. The van der Waals surface area contributed by atoms with Crippen LogP contribution in [0.25, 0.3) is 0 Å². The van der Waals surface area contributed by atoms with Gasteiger partial charge in [0.05, 0.1) is 38.7 Å². The van der Waals surface area contributed by atoms with E-state index in [1.807, 2.05) is 30.3 Å². The number of rotatable bonds is 7. The molecule has 3 N–H and O–H groups in total. The summed E-state index contributed by atoms with van der Waals surface area (Å²) in [5.41, 5.74) is 7.22. The number of carbonyl (C=O) groups is 2. The summed E-state index contributed by atoms with van der Waals surface area (Å²) in [5.74, 6) is 0.724. The summed E-state index contributed by atoms with van der Waals surface area (Å²) in [6, 6.07) is 12.6. The third-order valence-electron chi connectivity index (χ3n) is 5.23. The number of hydrogen-bond acceptors (Lipinski definition) is 9. The number of nitrogens with one attached hydrogen (secondary N) is 3.